The van der Waals surface area contributed by atoms with Crippen molar-refractivity contribution in [3.63, 3.8) is 0 Å². The Bertz CT molecular complexity index is 922. The van der Waals surface area contributed by atoms with Crippen molar-refractivity contribution >= 4 is 39.1 Å². The highest BCUT2D eigenvalue weighted by atomic mass is 32.1. The molecule has 3 aromatic rings. The van der Waals surface area contributed by atoms with Gasteiger partial charge in [-0.25, -0.2) is 0 Å². The van der Waals surface area contributed by atoms with E-state index in [1.807, 2.05) is 31.2 Å². The van der Waals surface area contributed by atoms with Crippen molar-refractivity contribution in [2.75, 3.05) is 25.1 Å². The third-order valence-corrected chi connectivity index (χ3v) is 4.78. The summed E-state index contributed by atoms with van der Waals surface area (Å²) in [5.74, 6) is -0.407. The van der Waals surface area contributed by atoms with E-state index < -0.39 is 0 Å². The van der Waals surface area contributed by atoms with Gasteiger partial charge in [0, 0.05) is 36.4 Å². The van der Waals surface area contributed by atoms with Crippen LogP contribution in [0.4, 0.5) is 5.69 Å². The first-order valence-corrected chi connectivity index (χ1v) is 9.58. The molecule has 0 atom stereocenters. The smallest absolute Gasteiger partial charge is 0.276 e. The van der Waals surface area contributed by atoms with Crippen LogP contribution in [0.15, 0.2) is 48.5 Å². The molecule has 0 saturated carbocycles. The van der Waals surface area contributed by atoms with Gasteiger partial charge in [0.05, 0.1) is 4.70 Å². The van der Waals surface area contributed by atoms with Crippen LogP contribution in [0.25, 0.3) is 10.1 Å². The lowest BCUT2D eigenvalue weighted by atomic mass is 10.1. The molecule has 0 saturated heterocycles. The van der Waals surface area contributed by atoms with Crippen molar-refractivity contribution in [3.8, 4) is 0 Å². The molecule has 27 heavy (non-hydrogen) atoms. The van der Waals surface area contributed by atoms with Gasteiger partial charge in [0.15, 0.2) is 0 Å². The van der Waals surface area contributed by atoms with Gasteiger partial charge in [-0.05, 0) is 55.2 Å². The van der Waals surface area contributed by atoms with E-state index in [2.05, 4.69) is 15.0 Å². The van der Waals surface area contributed by atoms with E-state index in [-0.39, 0.29) is 11.8 Å². The van der Waals surface area contributed by atoms with Crippen LogP contribution in [0.2, 0.25) is 0 Å². The number of amides is 2. The summed E-state index contributed by atoms with van der Waals surface area (Å²) in [5.41, 5.74) is 1.57. The van der Waals surface area contributed by atoms with Gasteiger partial charge in [0.2, 0.25) is 0 Å². The SMILES string of the molecule is CCOCCCNC(=O)c1ccc(NC(=O)c2nsc3ccccc23)cc1. The molecule has 0 unspecified atom stereocenters. The highest BCUT2D eigenvalue weighted by Crippen LogP contribution is 2.23. The second-order valence-electron chi connectivity index (χ2n) is 5.87. The molecule has 1 heterocycles. The zero-order valence-electron chi connectivity index (χ0n) is 15.0. The van der Waals surface area contributed by atoms with Crippen molar-refractivity contribution < 1.29 is 14.3 Å². The number of hydrogen-bond acceptors (Lipinski definition) is 5. The van der Waals surface area contributed by atoms with E-state index in [1.54, 1.807) is 24.3 Å². The molecule has 3 rings (SSSR count). The number of nitrogens with zero attached hydrogens (tertiary/aromatic N) is 1. The number of ether oxygens (including phenoxy) is 1. The number of carbonyl (C=O) groups is 2. The predicted octanol–water partition coefficient (Wildman–Crippen LogP) is 3.71. The number of aromatic nitrogens is 1. The molecule has 0 fully saturated rings. The van der Waals surface area contributed by atoms with E-state index in [0.29, 0.717) is 36.7 Å². The molecule has 1 aromatic heterocycles. The minimum atomic E-state index is -0.263. The zero-order chi connectivity index (χ0) is 19.1. The summed E-state index contributed by atoms with van der Waals surface area (Å²) in [6.07, 6.45) is 0.773. The average molecular weight is 383 g/mol. The fourth-order valence-electron chi connectivity index (χ4n) is 2.57. The summed E-state index contributed by atoms with van der Waals surface area (Å²) in [5, 5.41) is 6.51. The van der Waals surface area contributed by atoms with Crippen LogP contribution in [0.1, 0.15) is 34.2 Å². The minimum Gasteiger partial charge on any atom is -0.382 e. The Morgan fingerprint density at radius 2 is 1.85 bits per heavy atom. The van der Waals surface area contributed by atoms with E-state index in [1.165, 1.54) is 11.5 Å². The predicted molar refractivity (Wildman–Crippen MR) is 107 cm³/mol. The van der Waals surface area contributed by atoms with Crippen LogP contribution in [-0.4, -0.2) is 35.9 Å². The Morgan fingerprint density at radius 1 is 1.07 bits per heavy atom. The van der Waals surface area contributed by atoms with Gasteiger partial charge >= 0.3 is 0 Å². The largest absolute Gasteiger partial charge is 0.382 e. The third-order valence-electron chi connectivity index (χ3n) is 3.95. The summed E-state index contributed by atoms with van der Waals surface area (Å²) in [6, 6.07) is 14.4. The van der Waals surface area contributed by atoms with Crippen LogP contribution in [0, 0.1) is 0 Å². The molecule has 0 radical (unpaired) electrons. The van der Waals surface area contributed by atoms with Crippen LogP contribution < -0.4 is 10.6 Å². The fourth-order valence-corrected chi connectivity index (χ4v) is 3.34. The molecule has 6 nitrogen and oxygen atoms in total. The summed E-state index contributed by atoms with van der Waals surface area (Å²) >= 11 is 1.30. The van der Waals surface area contributed by atoms with Crippen molar-refractivity contribution in [1.29, 1.82) is 0 Å². The maximum atomic E-state index is 12.5. The van der Waals surface area contributed by atoms with Gasteiger partial charge in [-0.1, -0.05) is 18.2 Å². The Hall–Kier alpha value is -2.77. The fraction of sp³-hybridized carbons (Fsp3) is 0.250. The molecule has 0 spiro atoms. The Kier molecular flexibility index (Phi) is 6.51. The van der Waals surface area contributed by atoms with Crippen LogP contribution in [0.5, 0.6) is 0 Å². The van der Waals surface area contributed by atoms with Gasteiger partial charge in [-0.15, -0.1) is 0 Å². The molecule has 2 aromatic carbocycles. The molecule has 140 valence electrons. The molecular weight excluding hydrogens is 362 g/mol. The summed E-state index contributed by atoms with van der Waals surface area (Å²) in [4.78, 5) is 24.6. The lowest BCUT2D eigenvalue weighted by Crippen LogP contribution is -2.25. The van der Waals surface area contributed by atoms with Crippen LogP contribution in [-0.2, 0) is 4.74 Å². The molecule has 2 N–H and O–H groups in total. The van der Waals surface area contributed by atoms with Crippen LogP contribution in [0.3, 0.4) is 0 Å². The van der Waals surface area contributed by atoms with Gasteiger partial charge in [-0.3, -0.25) is 9.59 Å². The first-order valence-electron chi connectivity index (χ1n) is 8.81. The number of nitrogens with one attached hydrogen (secondary N) is 2. The van der Waals surface area contributed by atoms with Crippen molar-refractivity contribution in [2.24, 2.45) is 0 Å². The monoisotopic (exact) mass is 383 g/mol. The van der Waals surface area contributed by atoms with Gasteiger partial charge < -0.3 is 15.4 Å². The summed E-state index contributed by atoms with van der Waals surface area (Å²) in [7, 11) is 0. The van der Waals surface area contributed by atoms with Crippen molar-refractivity contribution in [1.82, 2.24) is 9.69 Å². The lowest BCUT2D eigenvalue weighted by Gasteiger charge is -2.07. The third kappa shape index (κ3) is 4.90. The summed E-state index contributed by atoms with van der Waals surface area (Å²) in [6.45, 7) is 3.81. The number of benzene rings is 2. The number of fused-ring (bicyclic) bond motifs is 1. The lowest BCUT2D eigenvalue weighted by molar-refractivity contribution is 0.0943. The average Bonchev–Trinajstić information content (AvgIpc) is 3.12. The van der Waals surface area contributed by atoms with Crippen molar-refractivity contribution in [3.05, 3.63) is 59.8 Å². The number of hydrogen-bond donors (Lipinski definition) is 2. The maximum absolute atomic E-state index is 12.5. The second-order valence-corrected chi connectivity index (χ2v) is 6.67. The van der Waals surface area contributed by atoms with Gasteiger partial charge in [0.1, 0.15) is 5.69 Å². The van der Waals surface area contributed by atoms with Crippen LogP contribution >= 0.6 is 11.5 Å². The number of anilines is 1. The van der Waals surface area contributed by atoms with Gasteiger partial charge in [-0.2, -0.15) is 4.37 Å². The second kappa shape index (κ2) is 9.25. The number of carbonyl (C=O) groups excluding carboxylic acids is 2. The normalized spacial score (nSPS) is 10.7. The standard InChI is InChI=1S/C20H21N3O3S/c1-2-26-13-5-12-21-19(24)14-8-10-15(11-9-14)22-20(25)18-16-6-3-4-7-17(16)27-23-18/h3-4,6-11H,2,5,12-13H2,1H3,(H,21,24)(H,22,25). The summed E-state index contributed by atoms with van der Waals surface area (Å²) < 4.78 is 10.5. The number of rotatable bonds is 8. The molecule has 0 aliphatic carbocycles. The topological polar surface area (TPSA) is 80.3 Å². The zero-order valence-corrected chi connectivity index (χ0v) is 15.8. The molecule has 7 heteroatoms. The van der Waals surface area contributed by atoms with E-state index in [4.69, 9.17) is 4.74 Å². The maximum Gasteiger partial charge on any atom is 0.276 e. The Balaban J connectivity index is 1.57. The molecular formula is C20H21N3O3S. The first kappa shape index (κ1) is 19.0. The molecule has 0 aliphatic rings. The highest BCUT2D eigenvalue weighted by Gasteiger charge is 2.14. The quantitative estimate of drug-likeness (QED) is 0.581. The highest BCUT2D eigenvalue weighted by molar-refractivity contribution is 7.13. The van der Waals surface area contributed by atoms with Crippen molar-refractivity contribution in [2.45, 2.75) is 13.3 Å². The minimum absolute atomic E-state index is 0.144. The van der Waals surface area contributed by atoms with E-state index in [0.717, 1.165) is 16.5 Å². The molecule has 0 bridgehead atoms. The van der Waals surface area contributed by atoms with E-state index >= 15 is 0 Å². The Labute approximate surface area is 161 Å². The molecule has 2 amide bonds. The molecule has 0 aliphatic heterocycles. The van der Waals surface area contributed by atoms with Gasteiger partial charge in [0.25, 0.3) is 11.8 Å². The van der Waals surface area contributed by atoms with E-state index in [9.17, 15) is 9.59 Å². The Morgan fingerprint density at radius 3 is 2.63 bits per heavy atom. The first-order chi connectivity index (χ1) is 13.2.